The normalized spacial score (nSPS) is 22.0. The molecule has 0 saturated heterocycles. The van der Waals surface area contributed by atoms with Crippen LogP contribution in [0.1, 0.15) is 60.6 Å². The van der Waals surface area contributed by atoms with Crippen molar-refractivity contribution in [3.8, 4) is 0 Å². The molecule has 3 heterocycles. The van der Waals surface area contributed by atoms with Gasteiger partial charge in [0.25, 0.3) is 5.91 Å². The predicted molar refractivity (Wildman–Crippen MR) is 126 cm³/mol. The minimum Gasteiger partial charge on any atom is -0.351 e. The van der Waals surface area contributed by atoms with Gasteiger partial charge in [-0.25, -0.2) is 0 Å². The number of nitrogens with zero attached hydrogens (tertiary/aromatic N) is 2. The van der Waals surface area contributed by atoms with Crippen molar-refractivity contribution in [3.05, 3.63) is 52.5 Å². The molecule has 162 valence electrons. The number of carbonyl (C=O) groups is 2. The molecular formula is C25H29N3O2S. The average molecular weight is 436 g/mol. The molecule has 2 amide bonds. The summed E-state index contributed by atoms with van der Waals surface area (Å²) in [6.07, 6.45) is 5.57. The first-order valence-corrected chi connectivity index (χ1v) is 12.1. The smallest absolute Gasteiger partial charge is 0.275 e. The zero-order valence-electron chi connectivity index (χ0n) is 18.4. The van der Waals surface area contributed by atoms with Crippen LogP contribution in [0.5, 0.6) is 0 Å². The average Bonchev–Trinajstić information content (AvgIpc) is 3.30. The number of thiophene rings is 1. The van der Waals surface area contributed by atoms with Gasteiger partial charge in [0.15, 0.2) is 0 Å². The van der Waals surface area contributed by atoms with E-state index in [4.69, 9.17) is 0 Å². The lowest BCUT2D eigenvalue weighted by Gasteiger charge is -2.44. The molecule has 2 aromatic heterocycles. The minimum absolute atomic E-state index is 0.0593. The second-order valence-corrected chi connectivity index (χ2v) is 10.3. The number of hydrogen-bond donors (Lipinski definition) is 1. The van der Waals surface area contributed by atoms with Gasteiger partial charge in [0, 0.05) is 17.1 Å². The van der Waals surface area contributed by atoms with E-state index in [9.17, 15) is 9.59 Å². The second kappa shape index (κ2) is 7.52. The Morgan fingerprint density at radius 3 is 2.52 bits per heavy atom. The number of rotatable bonds is 3. The summed E-state index contributed by atoms with van der Waals surface area (Å²) in [5.41, 5.74) is 2.61. The number of hydrogen-bond acceptors (Lipinski definition) is 3. The van der Waals surface area contributed by atoms with Gasteiger partial charge in [-0.1, -0.05) is 25.3 Å². The first-order chi connectivity index (χ1) is 14.9. The van der Waals surface area contributed by atoms with Gasteiger partial charge in [-0.05, 0) is 74.4 Å². The highest BCUT2D eigenvalue weighted by Crippen LogP contribution is 2.38. The first-order valence-electron chi connectivity index (χ1n) is 11.2. The topological polar surface area (TPSA) is 54.3 Å². The largest absolute Gasteiger partial charge is 0.351 e. The summed E-state index contributed by atoms with van der Waals surface area (Å²) in [7, 11) is 0. The third-order valence-electron chi connectivity index (χ3n) is 6.78. The Hall–Kier alpha value is -2.60. The summed E-state index contributed by atoms with van der Waals surface area (Å²) in [6, 6.07) is 10.3. The summed E-state index contributed by atoms with van der Waals surface area (Å²) >= 11 is 1.62. The summed E-state index contributed by atoms with van der Waals surface area (Å²) < 4.78 is 2.04. The van der Waals surface area contributed by atoms with Gasteiger partial charge in [0.1, 0.15) is 16.1 Å². The highest BCUT2D eigenvalue weighted by Gasteiger charge is 2.49. The van der Waals surface area contributed by atoms with E-state index in [1.165, 1.54) is 6.42 Å². The van der Waals surface area contributed by atoms with Crippen molar-refractivity contribution < 1.29 is 9.59 Å². The van der Waals surface area contributed by atoms with Gasteiger partial charge in [0.2, 0.25) is 5.91 Å². The van der Waals surface area contributed by atoms with Crippen LogP contribution in [-0.4, -0.2) is 28.0 Å². The standard InChI is InChI=1S/C25H29N3O2S/c1-16-11-17(2)13-20(12-16)28-22(29)21-14-18-9-10-31-23(18)27(21)15-25(28,3)24(30)26-19-7-5-4-6-8-19/h9-14,19H,4-8,15H2,1-3H3,(H,26,30). The van der Waals surface area contributed by atoms with Gasteiger partial charge in [-0.2, -0.15) is 0 Å². The van der Waals surface area contributed by atoms with Crippen LogP contribution >= 0.6 is 11.3 Å². The molecule has 3 aromatic rings. The maximum atomic E-state index is 13.8. The molecule has 1 fully saturated rings. The minimum atomic E-state index is -1.00. The van der Waals surface area contributed by atoms with E-state index >= 15 is 0 Å². The number of aryl methyl sites for hydroxylation is 2. The van der Waals surface area contributed by atoms with Crippen LogP contribution in [0.4, 0.5) is 5.69 Å². The van der Waals surface area contributed by atoms with E-state index < -0.39 is 5.54 Å². The van der Waals surface area contributed by atoms with Crippen LogP contribution in [0.25, 0.3) is 10.2 Å². The Morgan fingerprint density at radius 1 is 1.10 bits per heavy atom. The fourth-order valence-electron chi connectivity index (χ4n) is 5.27. The van der Waals surface area contributed by atoms with E-state index in [1.54, 1.807) is 16.2 Å². The van der Waals surface area contributed by atoms with E-state index in [1.807, 2.05) is 55.0 Å². The van der Waals surface area contributed by atoms with E-state index in [2.05, 4.69) is 11.4 Å². The molecule has 0 bridgehead atoms. The van der Waals surface area contributed by atoms with Gasteiger partial charge in [0.05, 0.1) is 6.54 Å². The maximum absolute atomic E-state index is 13.8. The molecular weight excluding hydrogens is 406 g/mol. The molecule has 1 saturated carbocycles. The zero-order valence-corrected chi connectivity index (χ0v) is 19.2. The fraction of sp³-hybridized carbons (Fsp3) is 0.440. The fourth-order valence-corrected chi connectivity index (χ4v) is 6.17. The first kappa shape index (κ1) is 20.3. The van der Waals surface area contributed by atoms with E-state index in [-0.39, 0.29) is 17.9 Å². The number of amides is 2. The summed E-state index contributed by atoms with van der Waals surface area (Å²) in [4.78, 5) is 30.4. The van der Waals surface area contributed by atoms with Crippen molar-refractivity contribution in [2.75, 3.05) is 4.90 Å². The molecule has 0 spiro atoms. The van der Waals surface area contributed by atoms with Gasteiger partial charge in [-0.15, -0.1) is 11.3 Å². The van der Waals surface area contributed by atoms with Crippen molar-refractivity contribution in [1.82, 2.24) is 9.88 Å². The lowest BCUT2D eigenvalue weighted by atomic mass is 9.90. The third kappa shape index (κ3) is 3.37. The SMILES string of the molecule is Cc1cc(C)cc(N2C(=O)c3cc4ccsc4n3CC2(C)C(=O)NC2CCCCC2)c1. The summed E-state index contributed by atoms with van der Waals surface area (Å²) in [5.74, 6) is -0.170. The molecule has 1 atom stereocenters. The number of anilines is 1. The third-order valence-corrected chi connectivity index (χ3v) is 7.73. The van der Waals surface area contributed by atoms with Crippen molar-refractivity contribution >= 4 is 39.1 Å². The number of nitrogens with one attached hydrogen (secondary N) is 1. The van der Waals surface area contributed by atoms with E-state index in [0.717, 1.165) is 52.7 Å². The predicted octanol–water partition coefficient (Wildman–Crippen LogP) is 5.19. The number of carbonyl (C=O) groups excluding carboxylic acids is 2. The Kier molecular flexibility index (Phi) is 4.93. The molecule has 31 heavy (non-hydrogen) atoms. The molecule has 1 aliphatic heterocycles. The van der Waals surface area contributed by atoms with Gasteiger partial charge < -0.3 is 9.88 Å². The second-order valence-electron chi connectivity index (χ2n) is 9.37. The Labute approximate surface area is 187 Å². The van der Waals surface area contributed by atoms with Gasteiger partial charge >= 0.3 is 0 Å². The monoisotopic (exact) mass is 435 g/mol. The molecule has 2 aliphatic rings. The molecule has 1 aliphatic carbocycles. The van der Waals surface area contributed by atoms with Crippen LogP contribution in [-0.2, 0) is 11.3 Å². The molecule has 1 N–H and O–H groups in total. The summed E-state index contributed by atoms with van der Waals surface area (Å²) in [6.45, 7) is 6.43. The molecule has 5 nitrogen and oxygen atoms in total. The zero-order chi connectivity index (χ0) is 21.8. The molecule has 6 heteroatoms. The van der Waals surface area contributed by atoms with Crippen LogP contribution in [0.2, 0.25) is 0 Å². The van der Waals surface area contributed by atoms with Crippen molar-refractivity contribution in [3.63, 3.8) is 0 Å². The molecule has 1 aromatic carbocycles. The molecule has 5 rings (SSSR count). The van der Waals surface area contributed by atoms with Crippen LogP contribution in [0.15, 0.2) is 35.7 Å². The van der Waals surface area contributed by atoms with Crippen molar-refractivity contribution in [2.45, 2.75) is 71.0 Å². The molecule has 1 unspecified atom stereocenters. The Morgan fingerprint density at radius 2 is 1.81 bits per heavy atom. The lowest BCUT2D eigenvalue weighted by molar-refractivity contribution is -0.127. The summed E-state index contributed by atoms with van der Waals surface area (Å²) in [5, 5.41) is 6.40. The lowest BCUT2D eigenvalue weighted by Crippen LogP contribution is -2.65. The number of aromatic nitrogens is 1. The van der Waals surface area contributed by atoms with Gasteiger partial charge in [-0.3, -0.25) is 14.5 Å². The number of fused-ring (bicyclic) bond motifs is 3. The van der Waals surface area contributed by atoms with Crippen molar-refractivity contribution in [1.29, 1.82) is 0 Å². The highest BCUT2D eigenvalue weighted by molar-refractivity contribution is 7.16. The van der Waals surface area contributed by atoms with Crippen molar-refractivity contribution in [2.24, 2.45) is 0 Å². The Bertz CT molecular complexity index is 1150. The maximum Gasteiger partial charge on any atom is 0.275 e. The Balaban J connectivity index is 1.62. The van der Waals surface area contributed by atoms with Crippen LogP contribution in [0, 0.1) is 13.8 Å². The van der Waals surface area contributed by atoms with E-state index in [0.29, 0.717) is 12.2 Å². The quantitative estimate of drug-likeness (QED) is 0.616. The highest BCUT2D eigenvalue weighted by atomic mass is 32.1. The number of benzene rings is 1. The molecule has 0 radical (unpaired) electrons. The van der Waals surface area contributed by atoms with Crippen LogP contribution < -0.4 is 10.2 Å². The van der Waals surface area contributed by atoms with Crippen LogP contribution in [0.3, 0.4) is 0 Å².